The second-order valence-corrected chi connectivity index (χ2v) is 5.39. The van der Waals surface area contributed by atoms with E-state index in [0.29, 0.717) is 5.92 Å². The molecule has 0 bridgehead atoms. The lowest BCUT2D eigenvalue weighted by Crippen LogP contribution is -2.37. The van der Waals surface area contributed by atoms with Gasteiger partial charge in [0.2, 0.25) is 0 Å². The highest BCUT2D eigenvalue weighted by Crippen LogP contribution is 2.31. The summed E-state index contributed by atoms with van der Waals surface area (Å²) in [6.07, 6.45) is 2.83. The minimum Gasteiger partial charge on any atom is -0.388 e. The Labute approximate surface area is 116 Å². The molecule has 1 saturated heterocycles. The summed E-state index contributed by atoms with van der Waals surface area (Å²) in [5, 5.41) is 10.2. The number of para-hydroxylation sites is 1. The van der Waals surface area contributed by atoms with Crippen LogP contribution in [0.3, 0.4) is 0 Å². The van der Waals surface area contributed by atoms with Crippen LogP contribution in [0.2, 0.25) is 0 Å². The van der Waals surface area contributed by atoms with Crippen molar-refractivity contribution in [1.82, 2.24) is 0 Å². The van der Waals surface area contributed by atoms with Crippen LogP contribution in [0.25, 0.3) is 0 Å². The van der Waals surface area contributed by atoms with Gasteiger partial charge in [-0.2, -0.15) is 0 Å². The smallest absolute Gasteiger partial charge is 0.0807 e. The third kappa shape index (κ3) is 3.48. The summed E-state index contributed by atoms with van der Waals surface area (Å²) in [4.78, 5) is 2.40. The molecule has 1 heterocycles. The summed E-state index contributed by atoms with van der Waals surface area (Å²) >= 11 is 0. The van der Waals surface area contributed by atoms with E-state index in [4.69, 9.17) is 4.74 Å². The Bertz CT molecular complexity index is 392. The number of aliphatic hydroxyl groups excluding tert-OH is 1. The van der Waals surface area contributed by atoms with Gasteiger partial charge in [0.15, 0.2) is 0 Å². The lowest BCUT2D eigenvalue weighted by molar-refractivity contribution is 0.142. The second kappa shape index (κ2) is 6.92. The molecule has 1 aliphatic heterocycles. The van der Waals surface area contributed by atoms with Crippen LogP contribution in [-0.2, 0) is 4.74 Å². The molecular formula is C16H25NO2. The first-order valence-electron chi connectivity index (χ1n) is 7.27. The maximum atomic E-state index is 10.2. The predicted molar refractivity (Wildman–Crippen MR) is 78.5 cm³/mol. The normalized spacial score (nSPS) is 21.4. The van der Waals surface area contributed by atoms with E-state index in [-0.39, 0.29) is 6.10 Å². The van der Waals surface area contributed by atoms with Gasteiger partial charge in [0.25, 0.3) is 0 Å². The molecule has 2 atom stereocenters. The maximum absolute atomic E-state index is 10.2. The molecule has 0 radical (unpaired) electrons. The zero-order valence-corrected chi connectivity index (χ0v) is 12.0. The van der Waals surface area contributed by atoms with Crippen molar-refractivity contribution in [3.05, 3.63) is 29.8 Å². The van der Waals surface area contributed by atoms with Crippen molar-refractivity contribution in [1.29, 1.82) is 0 Å². The number of hydrogen-bond donors (Lipinski definition) is 1. The van der Waals surface area contributed by atoms with Gasteiger partial charge in [-0.15, -0.1) is 0 Å². The molecule has 1 aliphatic rings. The summed E-state index contributed by atoms with van der Waals surface area (Å²) < 4.78 is 5.29. The van der Waals surface area contributed by atoms with E-state index in [1.807, 2.05) is 19.1 Å². The first-order chi connectivity index (χ1) is 9.26. The zero-order valence-electron chi connectivity index (χ0n) is 12.0. The molecule has 3 nitrogen and oxygen atoms in total. The van der Waals surface area contributed by atoms with E-state index in [1.165, 1.54) is 18.5 Å². The highest BCUT2D eigenvalue weighted by atomic mass is 16.5. The molecule has 0 aromatic heterocycles. The van der Waals surface area contributed by atoms with Gasteiger partial charge in [0, 0.05) is 31.5 Å². The fourth-order valence-corrected chi connectivity index (χ4v) is 2.93. The van der Waals surface area contributed by atoms with Crippen LogP contribution in [0.1, 0.15) is 37.9 Å². The van der Waals surface area contributed by atoms with Crippen molar-refractivity contribution in [3.8, 4) is 0 Å². The van der Waals surface area contributed by atoms with Gasteiger partial charge in [-0.05, 0) is 31.2 Å². The second-order valence-electron chi connectivity index (χ2n) is 5.39. The molecule has 1 aromatic rings. The van der Waals surface area contributed by atoms with E-state index < -0.39 is 0 Å². The van der Waals surface area contributed by atoms with Crippen LogP contribution in [-0.4, -0.2) is 31.9 Å². The summed E-state index contributed by atoms with van der Waals surface area (Å²) in [6, 6.07) is 8.24. The average molecular weight is 263 g/mol. The zero-order chi connectivity index (χ0) is 13.7. The molecule has 0 aliphatic carbocycles. The van der Waals surface area contributed by atoms with Crippen LogP contribution < -0.4 is 4.90 Å². The van der Waals surface area contributed by atoms with Crippen molar-refractivity contribution in [2.24, 2.45) is 5.92 Å². The largest absolute Gasteiger partial charge is 0.388 e. The number of rotatable bonds is 5. The molecular weight excluding hydrogens is 238 g/mol. The minimum absolute atomic E-state index is 0.362. The fourth-order valence-electron chi connectivity index (χ4n) is 2.93. The van der Waals surface area contributed by atoms with Gasteiger partial charge in [0.1, 0.15) is 0 Å². The Morgan fingerprint density at radius 2 is 2.21 bits per heavy atom. The fraction of sp³-hybridized carbons (Fsp3) is 0.625. The Morgan fingerprint density at radius 3 is 2.95 bits per heavy atom. The molecule has 0 spiro atoms. The summed E-state index contributed by atoms with van der Waals surface area (Å²) in [5.74, 6) is 0.602. The minimum atomic E-state index is -0.362. The number of methoxy groups -OCH3 is 1. The Hall–Kier alpha value is -1.06. The van der Waals surface area contributed by atoms with Gasteiger partial charge in [-0.25, -0.2) is 0 Å². The molecule has 106 valence electrons. The van der Waals surface area contributed by atoms with E-state index in [0.717, 1.165) is 31.7 Å². The summed E-state index contributed by atoms with van der Waals surface area (Å²) in [5.41, 5.74) is 2.25. The number of anilines is 1. The number of ether oxygens (including phenoxy) is 1. The Balaban J connectivity index is 2.16. The molecule has 0 saturated carbocycles. The van der Waals surface area contributed by atoms with E-state index >= 15 is 0 Å². The number of aliphatic hydroxyl groups is 1. The quantitative estimate of drug-likeness (QED) is 0.886. The molecule has 0 amide bonds. The van der Waals surface area contributed by atoms with Gasteiger partial charge < -0.3 is 14.7 Å². The van der Waals surface area contributed by atoms with E-state index in [1.54, 1.807) is 7.11 Å². The van der Waals surface area contributed by atoms with Gasteiger partial charge in [-0.3, -0.25) is 0 Å². The van der Waals surface area contributed by atoms with Crippen LogP contribution in [0.15, 0.2) is 24.3 Å². The van der Waals surface area contributed by atoms with Crippen molar-refractivity contribution in [3.63, 3.8) is 0 Å². The number of piperidine rings is 1. The number of nitrogens with zero attached hydrogens (tertiary/aromatic N) is 1. The van der Waals surface area contributed by atoms with Crippen molar-refractivity contribution in [2.45, 2.75) is 32.3 Å². The average Bonchev–Trinajstić information content (AvgIpc) is 2.47. The van der Waals surface area contributed by atoms with E-state index in [2.05, 4.69) is 17.0 Å². The lowest BCUT2D eigenvalue weighted by atomic mass is 9.96. The molecule has 1 fully saturated rings. The SMILES string of the molecule is CCC(O)c1ccccc1N1CCCC(COC)C1. The Morgan fingerprint density at radius 1 is 1.42 bits per heavy atom. The monoisotopic (exact) mass is 263 g/mol. The highest BCUT2D eigenvalue weighted by molar-refractivity contribution is 5.55. The number of benzene rings is 1. The van der Waals surface area contributed by atoms with Crippen LogP contribution in [0.4, 0.5) is 5.69 Å². The third-order valence-corrected chi connectivity index (χ3v) is 3.94. The highest BCUT2D eigenvalue weighted by Gasteiger charge is 2.22. The summed E-state index contributed by atoms with van der Waals surface area (Å²) in [7, 11) is 1.77. The lowest BCUT2D eigenvalue weighted by Gasteiger charge is -2.35. The van der Waals surface area contributed by atoms with Crippen LogP contribution in [0, 0.1) is 5.92 Å². The maximum Gasteiger partial charge on any atom is 0.0807 e. The first kappa shape index (κ1) is 14.4. The molecule has 1 aromatic carbocycles. The standard InChI is InChI=1S/C16H25NO2/c1-3-16(18)14-8-4-5-9-15(14)17-10-6-7-13(11-17)12-19-2/h4-5,8-9,13,16,18H,3,6-7,10-12H2,1-2H3. The number of hydrogen-bond acceptors (Lipinski definition) is 3. The first-order valence-corrected chi connectivity index (χ1v) is 7.27. The van der Waals surface area contributed by atoms with Crippen molar-refractivity contribution < 1.29 is 9.84 Å². The topological polar surface area (TPSA) is 32.7 Å². The third-order valence-electron chi connectivity index (χ3n) is 3.94. The van der Waals surface area contributed by atoms with E-state index in [9.17, 15) is 5.11 Å². The van der Waals surface area contributed by atoms with Crippen molar-refractivity contribution in [2.75, 3.05) is 31.7 Å². The van der Waals surface area contributed by atoms with Crippen molar-refractivity contribution >= 4 is 5.69 Å². The molecule has 2 rings (SSSR count). The Kier molecular flexibility index (Phi) is 5.23. The predicted octanol–water partition coefficient (Wildman–Crippen LogP) is 2.99. The summed E-state index contributed by atoms with van der Waals surface area (Å²) in [6.45, 7) is 4.95. The molecule has 1 N–H and O–H groups in total. The van der Waals surface area contributed by atoms with Gasteiger partial charge in [-0.1, -0.05) is 25.1 Å². The van der Waals surface area contributed by atoms with Gasteiger partial charge in [0.05, 0.1) is 12.7 Å². The molecule has 3 heteroatoms. The molecule has 19 heavy (non-hydrogen) atoms. The van der Waals surface area contributed by atoms with Crippen LogP contribution >= 0.6 is 0 Å². The van der Waals surface area contributed by atoms with Crippen LogP contribution in [0.5, 0.6) is 0 Å². The molecule has 2 unspecified atom stereocenters. The van der Waals surface area contributed by atoms with Gasteiger partial charge >= 0.3 is 0 Å².